The molecule has 0 heterocycles. The number of nitrogens with zero attached hydrogens (tertiary/aromatic N) is 2. The highest BCUT2D eigenvalue weighted by atomic mass is 32.2. The highest BCUT2D eigenvalue weighted by Crippen LogP contribution is 2.17. The molecule has 0 radical (unpaired) electrons. The van der Waals surface area contributed by atoms with Gasteiger partial charge in [0, 0.05) is 26.1 Å². The summed E-state index contributed by atoms with van der Waals surface area (Å²) >= 11 is 0. The third kappa shape index (κ3) is 8.78. The normalized spacial score (nSPS) is 12.2. The first-order valence-electron chi connectivity index (χ1n) is 12.5. The molecule has 202 valence electrons. The van der Waals surface area contributed by atoms with Gasteiger partial charge in [-0.15, -0.1) is 0 Å². The molecule has 0 saturated carbocycles. The number of nitrogens with one attached hydrogen (secondary N) is 1. The van der Waals surface area contributed by atoms with E-state index in [4.69, 9.17) is 0 Å². The van der Waals surface area contributed by atoms with Gasteiger partial charge in [0.1, 0.15) is 11.9 Å². The SMILES string of the molecule is CCCNC(=O)[C@H](Cc1ccccc1)N(Cc1ccc(F)cc1)C(=O)CN(Cc1ccccc1)S(C)(=O)=O. The average Bonchev–Trinajstić information content (AvgIpc) is 2.90. The minimum absolute atomic E-state index is 0.0130. The molecule has 9 heteroatoms. The van der Waals surface area contributed by atoms with Gasteiger partial charge >= 0.3 is 0 Å². The maximum atomic E-state index is 13.8. The summed E-state index contributed by atoms with van der Waals surface area (Å²) in [7, 11) is -3.75. The van der Waals surface area contributed by atoms with Crippen LogP contribution in [-0.2, 0) is 39.1 Å². The second kappa shape index (κ2) is 13.8. The lowest BCUT2D eigenvalue weighted by Gasteiger charge is -2.33. The molecule has 0 aliphatic heterocycles. The largest absolute Gasteiger partial charge is 0.354 e. The van der Waals surface area contributed by atoms with Crippen molar-refractivity contribution >= 4 is 21.8 Å². The second-order valence-electron chi connectivity index (χ2n) is 9.16. The number of hydrogen-bond donors (Lipinski definition) is 1. The highest BCUT2D eigenvalue weighted by molar-refractivity contribution is 7.88. The summed E-state index contributed by atoms with van der Waals surface area (Å²) in [6.45, 7) is 1.95. The molecule has 2 amide bonds. The summed E-state index contributed by atoms with van der Waals surface area (Å²) in [5.74, 6) is -1.28. The Labute approximate surface area is 224 Å². The summed E-state index contributed by atoms with van der Waals surface area (Å²) in [6, 6.07) is 23.1. The van der Waals surface area contributed by atoms with Crippen LogP contribution in [0.15, 0.2) is 84.9 Å². The first-order valence-corrected chi connectivity index (χ1v) is 14.4. The molecule has 3 rings (SSSR count). The zero-order valence-corrected chi connectivity index (χ0v) is 22.5. The third-order valence-corrected chi connectivity index (χ3v) is 7.27. The van der Waals surface area contributed by atoms with Crippen LogP contribution in [0, 0.1) is 5.82 Å². The molecule has 1 N–H and O–H groups in total. The Morgan fingerprint density at radius 2 is 1.39 bits per heavy atom. The number of sulfonamides is 1. The van der Waals surface area contributed by atoms with Crippen LogP contribution in [0.2, 0.25) is 0 Å². The number of amides is 2. The fraction of sp³-hybridized carbons (Fsp3) is 0.310. The Morgan fingerprint density at radius 3 is 1.95 bits per heavy atom. The Kier molecular flexibility index (Phi) is 10.6. The summed E-state index contributed by atoms with van der Waals surface area (Å²) < 4.78 is 40.0. The van der Waals surface area contributed by atoms with E-state index in [0.717, 1.165) is 21.7 Å². The fourth-order valence-corrected chi connectivity index (χ4v) is 4.75. The first kappa shape index (κ1) is 29.0. The van der Waals surface area contributed by atoms with Crippen LogP contribution in [0.3, 0.4) is 0 Å². The van der Waals surface area contributed by atoms with E-state index in [2.05, 4.69) is 5.32 Å². The van der Waals surface area contributed by atoms with Crippen LogP contribution >= 0.6 is 0 Å². The summed E-state index contributed by atoms with van der Waals surface area (Å²) in [5.41, 5.74) is 2.21. The van der Waals surface area contributed by atoms with Crippen LogP contribution in [0.5, 0.6) is 0 Å². The van der Waals surface area contributed by atoms with E-state index in [1.807, 2.05) is 43.3 Å². The molecule has 3 aromatic carbocycles. The van der Waals surface area contributed by atoms with Gasteiger partial charge in [-0.1, -0.05) is 79.7 Å². The van der Waals surface area contributed by atoms with E-state index in [0.29, 0.717) is 18.5 Å². The zero-order chi connectivity index (χ0) is 27.5. The van der Waals surface area contributed by atoms with Gasteiger partial charge in [-0.25, -0.2) is 12.8 Å². The summed E-state index contributed by atoms with van der Waals surface area (Å²) in [5, 5.41) is 2.88. The van der Waals surface area contributed by atoms with E-state index < -0.39 is 34.3 Å². The van der Waals surface area contributed by atoms with Crippen molar-refractivity contribution in [3.8, 4) is 0 Å². The van der Waals surface area contributed by atoms with E-state index >= 15 is 0 Å². The number of rotatable bonds is 13. The fourth-order valence-electron chi connectivity index (χ4n) is 4.03. The Balaban J connectivity index is 1.97. The summed E-state index contributed by atoms with van der Waals surface area (Å²) in [6.07, 6.45) is 2.01. The smallest absolute Gasteiger partial charge is 0.243 e. The predicted octanol–water partition coefficient (Wildman–Crippen LogP) is 3.75. The molecule has 0 saturated heterocycles. The minimum atomic E-state index is -3.75. The molecule has 0 aliphatic rings. The van der Waals surface area contributed by atoms with Crippen molar-refractivity contribution in [2.45, 2.75) is 38.9 Å². The molecule has 7 nitrogen and oxygen atoms in total. The maximum absolute atomic E-state index is 13.8. The lowest BCUT2D eigenvalue weighted by molar-refractivity contribution is -0.141. The number of hydrogen-bond acceptors (Lipinski definition) is 4. The second-order valence-corrected chi connectivity index (χ2v) is 11.1. The molecular formula is C29H34FN3O4S. The van der Waals surface area contributed by atoms with Gasteiger partial charge in [0.2, 0.25) is 21.8 Å². The van der Waals surface area contributed by atoms with Crippen molar-refractivity contribution < 1.29 is 22.4 Å². The molecule has 0 spiro atoms. The van der Waals surface area contributed by atoms with E-state index in [1.54, 1.807) is 36.4 Å². The third-order valence-electron chi connectivity index (χ3n) is 6.07. The molecule has 0 unspecified atom stereocenters. The molecular weight excluding hydrogens is 505 g/mol. The van der Waals surface area contributed by atoms with Crippen molar-refractivity contribution in [1.29, 1.82) is 0 Å². The topological polar surface area (TPSA) is 86.8 Å². The Hall–Kier alpha value is -3.56. The number of carbonyl (C=O) groups is 2. The van der Waals surface area contributed by atoms with Crippen molar-refractivity contribution in [3.05, 3.63) is 107 Å². The standard InChI is InChI=1S/C29H34FN3O4S/c1-3-18-31-29(35)27(19-23-10-6-4-7-11-23)33(21-25-14-16-26(30)17-15-25)28(34)22-32(38(2,36)37)20-24-12-8-5-9-13-24/h4-17,27H,3,18-22H2,1-2H3,(H,31,35)/t27-/m0/s1. The van der Waals surface area contributed by atoms with E-state index in [1.165, 1.54) is 17.0 Å². The summed E-state index contributed by atoms with van der Waals surface area (Å²) in [4.78, 5) is 28.6. The van der Waals surface area contributed by atoms with Gasteiger partial charge in [0.15, 0.2) is 0 Å². The number of carbonyl (C=O) groups excluding carboxylic acids is 2. The first-order chi connectivity index (χ1) is 18.2. The van der Waals surface area contributed by atoms with Gasteiger partial charge in [-0.05, 0) is 35.2 Å². The lowest BCUT2D eigenvalue weighted by atomic mass is 10.0. The molecule has 0 aliphatic carbocycles. The van der Waals surface area contributed by atoms with E-state index in [-0.39, 0.29) is 25.4 Å². The molecule has 0 fully saturated rings. The van der Waals surface area contributed by atoms with Crippen LogP contribution in [0.25, 0.3) is 0 Å². The van der Waals surface area contributed by atoms with Crippen molar-refractivity contribution in [1.82, 2.24) is 14.5 Å². The quantitative estimate of drug-likeness (QED) is 0.359. The lowest BCUT2D eigenvalue weighted by Crippen LogP contribution is -2.53. The predicted molar refractivity (Wildman–Crippen MR) is 146 cm³/mol. The van der Waals surface area contributed by atoms with Gasteiger partial charge < -0.3 is 10.2 Å². The minimum Gasteiger partial charge on any atom is -0.354 e. The molecule has 0 aromatic heterocycles. The zero-order valence-electron chi connectivity index (χ0n) is 21.7. The van der Waals surface area contributed by atoms with Gasteiger partial charge in [-0.2, -0.15) is 4.31 Å². The molecule has 1 atom stereocenters. The van der Waals surface area contributed by atoms with Crippen LogP contribution in [-0.4, -0.2) is 54.8 Å². The van der Waals surface area contributed by atoms with Gasteiger partial charge in [-0.3, -0.25) is 9.59 Å². The van der Waals surface area contributed by atoms with Crippen LogP contribution in [0.4, 0.5) is 4.39 Å². The van der Waals surface area contributed by atoms with Gasteiger partial charge in [0.05, 0.1) is 12.8 Å². The van der Waals surface area contributed by atoms with Crippen molar-refractivity contribution in [3.63, 3.8) is 0 Å². The van der Waals surface area contributed by atoms with Crippen molar-refractivity contribution in [2.24, 2.45) is 0 Å². The molecule has 0 bridgehead atoms. The highest BCUT2D eigenvalue weighted by Gasteiger charge is 2.32. The Morgan fingerprint density at radius 1 is 0.842 bits per heavy atom. The van der Waals surface area contributed by atoms with Crippen LogP contribution in [0.1, 0.15) is 30.0 Å². The van der Waals surface area contributed by atoms with Crippen LogP contribution < -0.4 is 5.32 Å². The Bertz CT molecular complexity index is 1290. The van der Waals surface area contributed by atoms with E-state index in [9.17, 15) is 22.4 Å². The maximum Gasteiger partial charge on any atom is 0.243 e. The average molecular weight is 540 g/mol. The van der Waals surface area contributed by atoms with Gasteiger partial charge in [0.25, 0.3) is 0 Å². The number of halogens is 1. The molecule has 3 aromatic rings. The monoisotopic (exact) mass is 539 g/mol. The van der Waals surface area contributed by atoms with Crippen molar-refractivity contribution in [2.75, 3.05) is 19.3 Å². The number of benzene rings is 3. The molecule has 38 heavy (non-hydrogen) atoms.